The van der Waals surface area contributed by atoms with E-state index in [0.717, 1.165) is 0 Å². The predicted octanol–water partition coefficient (Wildman–Crippen LogP) is 0.101. The van der Waals surface area contributed by atoms with Crippen molar-refractivity contribution in [2.24, 2.45) is 0 Å². The number of anilines is 1. The normalized spacial score (nSPS) is 14.7. The molecular formula is C13H13N5O2. The molecule has 102 valence electrons. The third-order valence-corrected chi connectivity index (χ3v) is 3.09. The van der Waals surface area contributed by atoms with Gasteiger partial charge < -0.3 is 15.2 Å². The third kappa shape index (κ3) is 2.51. The number of likely N-dealkylation sites (tertiary alicyclic amines) is 1. The van der Waals surface area contributed by atoms with Gasteiger partial charge in [0, 0.05) is 43.3 Å². The number of hydrogen-bond donors (Lipinski definition) is 2. The molecule has 0 aromatic carbocycles. The molecule has 7 nitrogen and oxygen atoms in total. The standard InChI is InChI=1S/C13H13N5O2/c19-11-6-9(2-5-14-11)12(20)18-7-10(8-18)17-13-15-3-1-4-16-13/h1-6,10H,7-8H2,(H,14,19)(H,15,16,17). The first kappa shape index (κ1) is 12.3. The van der Waals surface area contributed by atoms with Gasteiger partial charge in [-0.25, -0.2) is 9.97 Å². The van der Waals surface area contributed by atoms with Gasteiger partial charge in [0.05, 0.1) is 6.04 Å². The Bertz CT molecular complexity index is 664. The molecule has 0 saturated carbocycles. The van der Waals surface area contributed by atoms with Crippen LogP contribution in [0.4, 0.5) is 5.95 Å². The lowest BCUT2D eigenvalue weighted by Gasteiger charge is -2.39. The van der Waals surface area contributed by atoms with E-state index in [1.807, 2.05) is 0 Å². The highest BCUT2D eigenvalue weighted by molar-refractivity contribution is 5.94. The summed E-state index contributed by atoms with van der Waals surface area (Å²) in [6.07, 6.45) is 4.79. The number of nitrogens with one attached hydrogen (secondary N) is 2. The molecule has 1 saturated heterocycles. The molecule has 20 heavy (non-hydrogen) atoms. The van der Waals surface area contributed by atoms with Crippen molar-refractivity contribution in [3.05, 3.63) is 52.7 Å². The van der Waals surface area contributed by atoms with Crippen molar-refractivity contribution in [1.82, 2.24) is 19.9 Å². The summed E-state index contributed by atoms with van der Waals surface area (Å²) in [5.74, 6) is 0.420. The van der Waals surface area contributed by atoms with Crippen molar-refractivity contribution in [3.63, 3.8) is 0 Å². The lowest BCUT2D eigenvalue weighted by molar-refractivity contribution is 0.0624. The summed E-state index contributed by atoms with van der Waals surface area (Å²) >= 11 is 0. The Balaban J connectivity index is 1.58. The number of amides is 1. The number of carbonyl (C=O) groups is 1. The largest absolute Gasteiger partial charge is 0.348 e. The average molecular weight is 271 g/mol. The molecule has 0 spiro atoms. The van der Waals surface area contributed by atoms with Gasteiger partial charge in [0.1, 0.15) is 0 Å². The van der Waals surface area contributed by atoms with Crippen LogP contribution in [-0.4, -0.2) is 44.9 Å². The highest BCUT2D eigenvalue weighted by Crippen LogP contribution is 2.15. The van der Waals surface area contributed by atoms with Crippen molar-refractivity contribution in [3.8, 4) is 0 Å². The summed E-state index contributed by atoms with van der Waals surface area (Å²) in [6, 6.07) is 4.80. The third-order valence-electron chi connectivity index (χ3n) is 3.09. The lowest BCUT2D eigenvalue weighted by atomic mass is 10.1. The maximum absolute atomic E-state index is 12.1. The Morgan fingerprint density at radius 3 is 2.80 bits per heavy atom. The summed E-state index contributed by atoms with van der Waals surface area (Å²) in [7, 11) is 0. The van der Waals surface area contributed by atoms with E-state index in [1.165, 1.54) is 12.3 Å². The molecule has 0 unspecified atom stereocenters. The van der Waals surface area contributed by atoms with E-state index in [4.69, 9.17) is 0 Å². The second-order valence-electron chi connectivity index (χ2n) is 4.57. The Morgan fingerprint density at radius 2 is 2.10 bits per heavy atom. The van der Waals surface area contributed by atoms with Gasteiger partial charge in [-0.15, -0.1) is 0 Å². The Morgan fingerprint density at radius 1 is 1.35 bits per heavy atom. The Labute approximate surface area is 114 Å². The molecule has 2 aromatic heterocycles. The number of H-pyrrole nitrogens is 1. The minimum absolute atomic E-state index is 0.136. The van der Waals surface area contributed by atoms with Gasteiger partial charge in [0.2, 0.25) is 11.5 Å². The molecule has 0 radical (unpaired) electrons. The summed E-state index contributed by atoms with van der Waals surface area (Å²) in [5, 5.41) is 3.14. The minimum Gasteiger partial charge on any atom is -0.348 e. The first-order valence-corrected chi connectivity index (χ1v) is 6.24. The van der Waals surface area contributed by atoms with Crippen LogP contribution in [0.25, 0.3) is 0 Å². The molecule has 1 aliphatic heterocycles. The van der Waals surface area contributed by atoms with Crippen molar-refractivity contribution in [2.45, 2.75) is 6.04 Å². The van der Waals surface area contributed by atoms with Gasteiger partial charge in [0.25, 0.3) is 5.91 Å². The molecule has 1 fully saturated rings. The number of pyridine rings is 1. The zero-order valence-corrected chi connectivity index (χ0v) is 10.6. The number of aromatic nitrogens is 3. The number of hydrogen-bond acceptors (Lipinski definition) is 5. The van der Waals surface area contributed by atoms with E-state index >= 15 is 0 Å². The fourth-order valence-electron chi connectivity index (χ4n) is 2.05. The monoisotopic (exact) mass is 271 g/mol. The summed E-state index contributed by atoms with van der Waals surface area (Å²) < 4.78 is 0. The van der Waals surface area contributed by atoms with Crippen LogP contribution in [0.1, 0.15) is 10.4 Å². The van der Waals surface area contributed by atoms with Gasteiger partial charge >= 0.3 is 0 Å². The smallest absolute Gasteiger partial charge is 0.254 e. The fraction of sp³-hybridized carbons (Fsp3) is 0.231. The van der Waals surface area contributed by atoms with Crippen molar-refractivity contribution < 1.29 is 4.79 Å². The van der Waals surface area contributed by atoms with Gasteiger partial charge in [-0.2, -0.15) is 0 Å². The molecular weight excluding hydrogens is 258 g/mol. The van der Waals surface area contributed by atoms with Gasteiger partial charge in [-0.1, -0.05) is 0 Å². The fourth-order valence-corrected chi connectivity index (χ4v) is 2.05. The van der Waals surface area contributed by atoms with Gasteiger partial charge in [-0.3, -0.25) is 9.59 Å². The Hall–Kier alpha value is -2.70. The van der Waals surface area contributed by atoms with Crippen LogP contribution in [0.15, 0.2) is 41.6 Å². The number of aromatic amines is 1. The molecule has 0 aliphatic carbocycles. The van der Waals surface area contributed by atoms with Crippen LogP contribution < -0.4 is 10.9 Å². The van der Waals surface area contributed by atoms with E-state index in [0.29, 0.717) is 24.6 Å². The quantitative estimate of drug-likeness (QED) is 0.826. The number of nitrogens with zero attached hydrogens (tertiary/aromatic N) is 3. The van der Waals surface area contributed by atoms with Crippen molar-refractivity contribution >= 4 is 11.9 Å². The molecule has 3 heterocycles. The topological polar surface area (TPSA) is 91.0 Å². The van der Waals surface area contributed by atoms with Gasteiger partial charge in [-0.05, 0) is 12.1 Å². The van der Waals surface area contributed by atoms with Crippen molar-refractivity contribution in [1.29, 1.82) is 0 Å². The highest BCUT2D eigenvalue weighted by atomic mass is 16.2. The van der Waals surface area contributed by atoms with Crippen molar-refractivity contribution in [2.75, 3.05) is 18.4 Å². The minimum atomic E-state index is -0.274. The van der Waals surface area contributed by atoms with Crippen LogP contribution in [0.2, 0.25) is 0 Å². The average Bonchev–Trinajstić information content (AvgIpc) is 2.43. The van der Waals surface area contributed by atoms with E-state index in [-0.39, 0.29) is 17.5 Å². The second kappa shape index (κ2) is 5.12. The summed E-state index contributed by atoms with van der Waals surface area (Å²) in [4.78, 5) is 35.6. The van der Waals surface area contributed by atoms with E-state index in [9.17, 15) is 9.59 Å². The number of carbonyl (C=O) groups excluding carboxylic acids is 1. The maximum Gasteiger partial charge on any atom is 0.254 e. The van der Waals surface area contributed by atoms with E-state index in [1.54, 1.807) is 29.4 Å². The molecule has 0 bridgehead atoms. The van der Waals surface area contributed by atoms with Crippen LogP contribution in [0, 0.1) is 0 Å². The lowest BCUT2D eigenvalue weighted by Crippen LogP contribution is -2.57. The van der Waals surface area contributed by atoms with Crippen LogP contribution in [-0.2, 0) is 0 Å². The zero-order valence-electron chi connectivity index (χ0n) is 10.6. The summed E-state index contributed by atoms with van der Waals surface area (Å²) in [5.41, 5.74) is 0.131. The molecule has 0 atom stereocenters. The number of rotatable bonds is 3. The van der Waals surface area contributed by atoms with Crippen LogP contribution in [0.3, 0.4) is 0 Å². The van der Waals surface area contributed by atoms with E-state index < -0.39 is 0 Å². The van der Waals surface area contributed by atoms with Crippen LogP contribution in [0.5, 0.6) is 0 Å². The first-order chi connectivity index (χ1) is 9.72. The second-order valence-corrected chi connectivity index (χ2v) is 4.57. The molecule has 7 heteroatoms. The predicted molar refractivity (Wildman–Crippen MR) is 72.4 cm³/mol. The first-order valence-electron chi connectivity index (χ1n) is 6.24. The molecule has 2 aromatic rings. The van der Waals surface area contributed by atoms with Gasteiger partial charge in [0.15, 0.2) is 0 Å². The molecule has 1 aliphatic rings. The maximum atomic E-state index is 12.1. The van der Waals surface area contributed by atoms with E-state index in [2.05, 4.69) is 20.3 Å². The zero-order chi connectivity index (χ0) is 13.9. The SMILES string of the molecule is O=C(c1cc[nH]c(=O)c1)N1CC(Nc2ncccn2)C1. The Kier molecular flexibility index (Phi) is 3.16. The highest BCUT2D eigenvalue weighted by Gasteiger charge is 2.31. The summed E-state index contributed by atoms with van der Waals surface area (Å²) in [6.45, 7) is 1.15. The molecule has 2 N–H and O–H groups in total. The molecule has 1 amide bonds. The van der Waals surface area contributed by atoms with Crippen LogP contribution >= 0.6 is 0 Å². The molecule has 3 rings (SSSR count).